The molecule has 0 spiro atoms. The molecule has 0 aliphatic heterocycles. The maximum atomic E-state index is 15.3. The van der Waals surface area contributed by atoms with Gasteiger partial charge in [-0.05, 0) is 42.3 Å². The second-order valence-corrected chi connectivity index (χ2v) is 13.2. The molecule has 3 atom stereocenters. The molecule has 3 amide bonds. The van der Waals surface area contributed by atoms with Gasteiger partial charge in [-0.2, -0.15) is 8.78 Å². The van der Waals surface area contributed by atoms with Crippen molar-refractivity contribution in [2.75, 3.05) is 10.6 Å². The third-order valence-electron chi connectivity index (χ3n) is 7.36. The Morgan fingerprint density at radius 3 is 2.26 bits per heavy atom. The quantitative estimate of drug-likeness (QED) is 0.160. The molecule has 1 fully saturated rings. The van der Waals surface area contributed by atoms with Crippen LogP contribution in [0.2, 0.25) is 10.0 Å². The van der Waals surface area contributed by atoms with Crippen LogP contribution in [0.1, 0.15) is 23.5 Å². The lowest BCUT2D eigenvalue weighted by Crippen LogP contribution is -2.33. The van der Waals surface area contributed by atoms with E-state index in [1.54, 1.807) is 29.6 Å². The van der Waals surface area contributed by atoms with Crippen molar-refractivity contribution in [1.82, 2.24) is 5.32 Å². The van der Waals surface area contributed by atoms with Gasteiger partial charge >= 0.3 is 5.92 Å². The zero-order chi connectivity index (χ0) is 33.6. The average Bonchev–Trinajstić information content (AvgIpc) is 3.60. The topological polar surface area (TPSA) is 87.3 Å². The molecule has 1 unspecified atom stereocenters. The molecule has 0 heterocycles. The van der Waals surface area contributed by atoms with Gasteiger partial charge in [-0.3, -0.25) is 14.4 Å². The van der Waals surface area contributed by atoms with Gasteiger partial charge in [0, 0.05) is 22.8 Å². The van der Waals surface area contributed by atoms with Crippen molar-refractivity contribution in [3.05, 3.63) is 117 Å². The van der Waals surface area contributed by atoms with Crippen molar-refractivity contribution >= 4 is 87.1 Å². The smallest absolute Gasteiger partial charge is 0.326 e. The Kier molecular flexibility index (Phi) is 9.69. The van der Waals surface area contributed by atoms with E-state index in [1.807, 2.05) is 0 Å². The fourth-order valence-corrected chi connectivity index (χ4v) is 6.28. The Labute approximate surface area is 284 Å². The fourth-order valence-electron chi connectivity index (χ4n) is 4.89. The van der Waals surface area contributed by atoms with Crippen LogP contribution in [0.15, 0.2) is 84.1 Å². The SMILES string of the molecule is O=C(Nc1ccc(F)c(NC(=O)C(F)(F)c2ccccc2)c1F)C1=CC(NC(=O)[C@H]2[C@H](c3ccc(Cl)c(Cl)c3)C2(Cl)Cl)=CCC1Cl. The van der Waals surface area contributed by atoms with Gasteiger partial charge < -0.3 is 16.0 Å². The number of hydrogen-bond acceptors (Lipinski definition) is 3. The van der Waals surface area contributed by atoms with E-state index in [4.69, 9.17) is 58.0 Å². The minimum atomic E-state index is -4.12. The first-order valence-corrected chi connectivity index (χ1v) is 15.3. The van der Waals surface area contributed by atoms with Crippen LogP contribution in [0.5, 0.6) is 0 Å². The van der Waals surface area contributed by atoms with Gasteiger partial charge in [0.25, 0.3) is 11.8 Å². The van der Waals surface area contributed by atoms with E-state index >= 15 is 4.39 Å². The van der Waals surface area contributed by atoms with E-state index in [0.29, 0.717) is 16.7 Å². The summed E-state index contributed by atoms with van der Waals surface area (Å²) in [6.07, 6.45) is 2.87. The Balaban J connectivity index is 1.29. The fraction of sp³-hybridized carbons (Fsp3) is 0.194. The summed E-state index contributed by atoms with van der Waals surface area (Å²) in [5.41, 5.74) is -1.87. The number of anilines is 2. The number of carbonyl (C=O) groups is 3. The molecule has 0 bridgehead atoms. The van der Waals surface area contributed by atoms with E-state index in [1.165, 1.54) is 24.3 Å². The van der Waals surface area contributed by atoms with Crippen LogP contribution < -0.4 is 16.0 Å². The molecule has 1 saturated carbocycles. The van der Waals surface area contributed by atoms with Crippen LogP contribution in [0.4, 0.5) is 28.9 Å². The summed E-state index contributed by atoms with van der Waals surface area (Å²) in [5.74, 6) is -12.0. The highest BCUT2D eigenvalue weighted by molar-refractivity contribution is 6.53. The van der Waals surface area contributed by atoms with Gasteiger partial charge in [-0.1, -0.05) is 65.7 Å². The Morgan fingerprint density at radius 2 is 1.59 bits per heavy atom. The third-order valence-corrected chi connectivity index (χ3v) is 9.45. The Bertz CT molecular complexity index is 1800. The average molecular weight is 736 g/mol. The molecule has 240 valence electrons. The number of amides is 3. The summed E-state index contributed by atoms with van der Waals surface area (Å²) in [5, 5.41) is 6.07. The number of benzene rings is 3. The molecule has 15 heteroatoms. The van der Waals surface area contributed by atoms with Crippen LogP contribution in [-0.4, -0.2) is 27.4 Å². The Hall–Kier alpha value is -3.28. The molecule has 2 aliphatic rings. The molecule has 3 aromatic carbocycles. The molecular weight excluding hydrogens is 716 g/mol. The molecule has 0 radical (unpaired) electrons. The maximum absolute atomic E-state index is 15.3. The molecule has 3 aromatic rings. The number of halogens is 9. The molecule has 6 nitrogen and oxygen atoms in total. The zero-order valence-corrected chi connectivity index (χ0v) is 26.8. The molecule has 2 aliphatic carbocycles. The summed E-state index contributed by atoms with van der Waals surface area (Å²) >= 11 is 31.2. The predicted molar refractivity (Wildman–Crippen MR) is 170 cm³/mol. The first-order valence-electron chi connectivity index (χ1n) is 13.4. The molecular formula is C31H20Cl5F4N3O3. The summed E-state index contributed by atoms with van der Waals surface area (Å²) < 4.78 is 57.6. The lowest BCUT2D eigenvalue weighted by molar-refractivity contribution is -0.141. The molecule has 46 heavy (non-hydrogen) atoms. The van der Waals surface area contributed by atoms with Crippen LogP contribution in [0.25, 0.3) is 0 Å². The van der Waals surface area contributed by atoms with E-state index in [0.717, 1.165) is 18.2 Å². The predicted octanol–water partition coefficient (Wildman–Crippen LogP) is 8.47. The first kappa shape index (κ1) is 34.1. The number of rotatable bonds is 8. The number of nitrogens with one attached hydrogen (secondary N) is 3. The van der Waals surface area contributed by atoms with Crippen molar-refractivity contribution in [2.45, 2.75) is 28.0 Å². The largest absolute Gasteiger partial charge is 0.350 e. The van der Waals surface area contributed by atoms with Crippen LogP contribution in [0, 0.1) is 17.6 Å². The second-order valence-electron chi connectivity index (χ2n) is 10.4. The lowest BCUT2D eigenvalue weighted by Gasteiger charge is -2.20. The minimum Gasteiger partial charge on any atom is -0.326 e. The molecule has 3 N–H and O–H groups in total. The van der Waals surface area contributed by atoms with Gasteiger partial charge in [-0.25, -0.2) is 8.78 Å². The van der Waals surface area contributed by atoms with Crippen LogP contribution >= 0.6 is 58.0 Å². The van der Waals surface area contributed by atoms with Crippen molar-refractivity contribution in [2.24, 2.45) is 5.92 Å². The summed E-state index contributed by atoms with van der Waals surface area (Å²) in [6.45, 7) is 0. The van der Waals surface area contributed by atoms with E-state index in [9.17, 15) is 27.6 Å². The highest BCUT2D eigenvalue weighted by atomic mass is 35.5. The van der Waals surface area contributed by atoms with E-state index in [2.05, 4.69) is 10.6 Å². The summed E-state index contributed by atoms with van der Waals surface area (Å²) in [6, 6.07) is 12.2. The number of carbonyl (C=O) groups excluding carboxylic acids is 3. The van der Waals surface area contributed by atoms with E-state index in [-0.39, 0.29) is 22.7 Å². The number of alkyl halides is 5. The van der Waals surface area contributed by atoms with Crippen LogP contribution in [0.3, 0.4) is 0 Å². The number of hydrogen-bond donors (Lipinski definition) is 3. The van der Waals surface area contributed by atoms with Crippen molar-refractivity contribution in [1.29, 1.82) is 0 Å². The second kappa shape index (κ2) is 13.1. The van der Waals surface area contributed by atoms with Crippen molar-refractivity contribution < 1.29 is 31.9 Å². The lowest BCUT2D eigenvalue weighted by atomic mass is 10.0. The number of allylic oxidation sites excluding steroid dienone is 2. The Morgan fingerprint density at radius 1 is 0.891 bits per heavy atom. The van der Waals surface area contributed by atoms with Gasteiger partial charge in [0.15, 0.2) is 5.82 Å². The zero-order valence-electron chi connectivity index (χ0n) is 23.0. The highest BCUT2D eigenvalue weighted by Gasteiger charge is 2.67. The molecule has 5 rings (SSSR count). The van der Waals surface area contributed by atoms with Gasteiger partial charge in [0.2, 0.25) is 5.91 Å². The minimum absolute atomic E-state index is 0.0754. The van der Waals surface area contributed by atoms with Gasteiger partial charge in [0.05, 0.1) is 27.0 Å². The van der Waals surface area contributed by atoms with Gasteiger partial charge in [0.1, 0.15) is 15.8 Å². The van der Waals surface area contributed by atoms with Crippen LogP contribution in [-0.2, 0) is 20.3 Å². The molecule has 0 saturated heterocycles. The highest BCUT2D eigenvalue weighted by Crippen LogP contribution is 2.65. The normalized spacial score (nSPS) is 20.2. The monoisotopic (exact) mass is 733 g/mol. The summed E-state index contributed by atoms with van der Waals surface area (Å²) in [7, 11) is 0. The van der Waals surface area contributed by atoms with Crippen molar-refractivity contribution in [3.8, 4) is 0 Å². The summed E-state index contributed by atoms with van der Waals surface area (Å²) in [4.78, 5) is 38.6. The van der Waals surface area contributed by atoms with E-state index < -0.39 is 73.8 Å². The third kappa shape index (κ3) is 6.73. The van der Waals surface area contributed by atoms with Crippen molar-refractivity contribution in [3.63, 3.8) is 0 Å². The standard InChI is InChI=1S/C31H20Cl5F4N3O3/c32-18-9-7-16(41-28(45)24-23(30(24,35)36)14-6-8-19(33)20(34)12-14)13-17(18)27(44)42-22-11-10-21(37)26(25(22)38)43-29(46)31(39,40)15-4-2-1-3-5-15/h1-8,10-13,18,23-24H,9H2,(H,41,45)(H,42,44)(H,43,46)/t18?,23-,24+/m0/s1. The van der Waals surface area contributed by atoms with Gasteiger partial charge in [-0.15, -0.1) is 34.8 Å². The molecule has 0 aromatic heterocycles. The first-order chi connectivity index (χ1) is 21.6. The maximum Gasteiger partial charge on any atom is 0.350 e.